The minimum absolute atomic E-state index is 0.114. The molecule has 0 bridgehead atoms. The van der Waals surface area contributed by atoms with E-state index in [0.717, 1.165) is 18.4 Å². The molecule has 3 aromatic rings. The number of nitrogens with zero attached hydrogens (tertiary/aromatic N) is 3. The Morgan fingerprint density at radius 2 is 1.92 bits per heavy atom. The first-order valence-electron chi connectivity index (χ1n) is 12.9. The average Bonchev–Trinajstić information content (AvgIpc) is 3.66. The third-order valence-corrected chi connectivity index (χ3v) is 9.58. The van der Waals surface area contributed by atoms with E-state index in [1.807, 2.05) is 0 Å². The van der Waals surface area contributed by atoms with Crippen LogP contribution >= 0.6 is 0 Å². The summed E-state index contributed by atoms with van der Waals surface area (Å²) in [5.74, 6) is -0.707. The van der Waals surface area contributed by atoms with E-state index in [1.165, 1.54) is 22.5 Å². The van der Waals surface area contributed by atoms with Gasteiger partial charge >= 0.3 is 5.97 Å². The van der Waals surface area contributed by atoms with Crippen LogP contribution in [0, 0.1) is 5.82 Å². The van der Waals surface area contributed by atoms with Crippen molar-refractivity contribution in [3.8, 4) is 5.75 Å². The first-order valence-corrected chi connectivity index (χ1v) is 14.4. The monoisotopic (exact) mass is 557 g/mol. The zero-order valence-electron chi connectivity index (χ0n) is 21.9. The number of hydrogen-bond donors (Lipinski definition) is 1. The normalized spacial score (nSPS) is 20.3. The summed E-state index contributed by atoms with van der Waals surface area (Å²) < 4.78 is 56.3. The quantitative estimate of drug-likeness (QED) is 0.370. The molecule has 208 valence electrons. The molecule has 2 aliphatic rings. The van der Waals surface area contributed by atoms with Crippen molar-refractivity contribution in [3.63, 3.8) is 0 Å². The van der Waals surface area contributed by atoms with Gasteiger partial charge in [0.25, 0.3) is 0 Å². The van der Waals surface area contributed by atoms with Gasteiger partial charge in [0.2, 0.25) is 10.0 Å². The molecule has 9 nitrogen and oxygen atoms in total. The van der Waals surface area contributed by atoms with Gasteiger partial charge in [-0.1, -0.05) is 12.2 Å². The van der Waals surface area contributed by atoms with Crippen molar-refractivity contribution in [2.24, 2.45) is 0 Å². The molecule has 1 aliphatic heterocycles. The van der Waals surface area contributed by atoms with Crippen molar-refractivity contribution in [1.82, 2.24) is 14.1 Å². The Hall–Kier alpha value is -3.28. The molecule has 0 radical (unpaired) electrons. The number of hydrogen-bond acceptors (Lipinski definition) is 6. The highest BCUT2D eigenvalue weighted by molar-refractivity contribution is 7.89. The van der Waals surface area contributed by atoms with Crippen molar-refractivity contribution in [2.75, 3.05) is 27.4 Å². The smallest absolute Gasteiger partial charge is 0.309 e. The molecule has 1 N–H and O–H groups in total. The summed E-state index contributed by atoms with van der Waals surface area (Å²) in [4.78, 5) is 11.6. The van der Waals surface area contributed by atoms with Gasteiger partial charge in [-0.25, -0.2) is 12.8 Å². The van der Waals surface area contributed by atoms with Gasteiger partial charge in [-0.2, -0.15) is 9.40 Å². The van der Waals surface area contributed by atoms with E-state index in [1.54, 1.807) is 37.1 Å². The number of fused-ring (bicyclic) bond motifs is 1. The van der Waals surface area contributed by atoms with Crippen LogP contribution < -0.4 is 4.74 Å². The predicted molar refractivity (Wildman–Crippen MR) is 143 cm³/mol. The molecule has 1 fully saturated rings. The van der Waals surface area contributed by atoms with Crippen LogP contribution in [0.2, 0.25) is 0 Å². The Morgan fingerprint density at radius 1 is 1.15 bits per heavy atom. The lowest BCUT2D eigenvalue weighted by Crippen LogP contribution is -2.36. The number of carbonyl (C=O) groups is 1. The van der Waals surface area contributed by atoms with E-state index in [-0.39, 0.29) is 29.8 Å². The van der Waals surface area contributed by atoms with Crippen molar-refractivity contribution < 1.29 is 32.2 Å². The van der Waals surface area contributed by atoms with Crippen LogP contribution in [0.5, 0.6) is 5.75 Å². The molecule has 2 atom stereocenters. The predicted octanol–water partition coefficient (Wildman–Crippen LogP) is 4.29. The molecule has 0 saturated carbocycles. The van der Waals surface area contributed by atoms with E-state index in [4.69, 9.17) is 9.47 Å². The summed E-state index contributed by atoms with van der Waals surface area (Å²) in [7, 11) is -0.769. The number of methoxy groups -OCH3 is 2. The van der Waals surface area contributed by atoms with Crippen molar-refractivity contribution in [2.45, 2.75) is 55.0 Å². The maximum atomic E-state index is 14.2. The van der Waals surface area contributed by atoms with Gasteiger partial charge in [0.1, 0.15) is 11.6 Å². The van der Waals surface area contributed by atoms with Crippen LogP contribution in [-0.4, -0.2) is 67.0 Å². The number of ether oxygens (including phenoxy) is 2. The first-order chi connectivity index (χ1) is 18.7. The van der Waals surface area contributed by atoms with E-state index >= 15 is 0 Å². The molecule has 1 saturated heterocycles. The fourth-order valence-electron chi connectivity index (χ4n) is 5.78. The van der Waals surface area contributed by atoms with Crippen LogP contribution in [0.15, 0.2) is 53.4 Å². The van der Waals surface area contributed by atoms with Crippen LogP contribution in [0.3, 0.4) is 0 Å². The average molecular weight is 558 g/mol. The maximum Gasteiger partial charge on any atom is 0.309 e. The third-order valence-electron chi connectivity index (χ3n) is 7.66. The third kappa shape index (κ3) is 5.30. The van der Waals surface area contributed by atoms with Gasteiger partial charge in [-0.15, -0.1) is 0 Å². The molecule has 0 spiro atoms. The number of aliphatic carboxylic acids is 1. The highest BCUT2D eigenvalue weighted by Gasteiger charge is 2.42. The van der Waals surface area contributed by atoms with Gasteiger partial charge in [0.15, 0.2) is 0 Å². The fourth-order valence-corrected chi connectivity index (χ4v) is 7.52. The highest BCUT2D eigenvalue weighted by Crippen LogP contribution is 2.40. The number of carboxylic acids is 1. The Kier molecular flexibility index (Phi) is 7.75. The van der Waals surface area contributed by atoms with Crippen LogP contribution in [-0.2, 0) is 26.0 Å². The second-order valence-electron chi connectivity index (χ2n) is 10.1. The summed E-state index contributed by atoms with van der Waals surface area (Å²) in [6, 6.07) is 8.32. The first kappa shape index (κ1) is 27.3. The van der Waals surface area contributed by atoms with Gasteiger partial charge < -0.3 is 14.6 Å². The van der Waals surface area contributed by atoms with Crippen LogP contribution in [0.25, 0.3) is 10.9 Å². The molecule has 2 heterocycles. The molecule has 2 aromatic carbocycles. The Labute approximate surface area is 226 Å². The van der Waals surface area contributed by atoms with Gasteiger partial charge in [0.05, 0.1) is 35.7 Å². The lowest BCUT2D eigenvalue weighted by Gasteiger charge is -2.25. The topological polar surface area (TPSA) is 111 Å². The Bertz CT molecular complexity index is 1510. The van der Waals surface area contributed by atoms with Crippen molar-refractivity contribution in [3.05, 3.63) is 65.6 Å². The molecule has 11 heteroatoms. The lowest BCUT2D eigenvalue weighted by atomic mass is 9.96. The van der Waals surface area contributed by atoms with E-state index in [0.29, 0.717) is 41.8 Å². The van der Waals surface area contributed by atoms with Gasteiger partial charge in [0, 0.05) is 31.7 Å². The van der Waals surface area contributed by atoms with Crippen molar-refractivity contribution >= 4 is 26.9 Å². The zero-order valence-corrected chi connectivity index (χ0v) is 22.7. The molecule has 0 amide bonds. The second-order valence-corrected chi connectivity index (χ2v) is 12.0. The van der Waals surface area contributed by atoms with Crippen LogP contribution in [0.4, 0.5) is 4.39 Å². The standard InChI is InChI=1S/C28H32FN3O6S/c1-37-12-11-20-14-21(32-26-13-19(29)7-9-23(26)25(30-32)16-28(33)34)17-31(20)39(35,36)22-8-10-27(38-2)24(15-22)18-5-3-4-6-18/h3-4,7-10,13,15,18,20-21H,5-6,11-12,14,16-17H2,1-2H3,(H,33,34)/t20-,21-/m1/s1. The zero-order chi connectivity index (χ0) is 27.7. The Balaban J connectivity index is 1.52. The number of carboxylic acid groups (broad SMARTS) is 1. The summed E-state index contributed by atoms with van der Waals surface area (Å²) in [5, 5.41) is 14.4. The molecule has 1 aliphatic carbocycles. The number of halogens is 1. The largest absolute Gasteiger partial charge is 0.496 e. The number of aromatic nitrogens is 2. The molecule has 39 heavy (non-hydrogen) atoms. The Morgan fingerprint density at radius 3 is 2.62 bits per heavy atom. The molecular formula is C28H32FN3O6S. The number of sulfonamides is 1. The fraction of sp³-hybridized carbons (Fsp3) is 0.429. The van der Waals surface area contributed by atoms with E-state index < -0.39 is 27.9 Å². The van der Waals surface area contributed by atoms with E-state index in [2.05, 4.69) is 17.3 Å². The molecule has 5 rings (SSSR count). The van der Waals surface area contributed by atoms with Crippen molar-refractivity contribution in [1.29, 1.82) is 0 Å². The maximum absolute atomic E-state index is 14.2. The highest BCUT2D eigenvalue weighted by atomic mass is 32.2. The summed E-state index contributed by atoms with van der Waals surface area (Å²) in [6.07, 6.45) is 6.41. The number of allylic oxidation sites excluding steroid dienone is 2. The lowest BCUT2D eigenvalue weighted by molar-refractivity contribution is -0.136. The summed E-state index contributed by atoms with van der Waals surface area (Å²) in [6.45, 7) is 0.479. The van der Waals surface area contributed by atoms with Gasteiger partial charge in [-0.3, -0.25) is 9.48 Å². The van der Waals surface area contributed by atoms with Gasteiger partial charge in [-0.05, 0) is 73.6 Å². The van der Waals surface area contributed by atoms with E-state index in [9.17, 15) is 22.7 Å². The molecular weight excluding hydrogens is 525 g/mol. The molecule has 0 unspecified atom stereocenters. The second kappa shape index (κ2) is 11.1. The number of benzene rings is 2. The molecule has 1 aromatic heterocycles. The number of rotatable bonds is 10. The SMILES string of the molecule is COCC[C@@H]1C[C@@H](n2nc(CC(=O)O)c3ccc(F)cc32)CN1S(=O)(=O)c1ccc(OC)c(C2CC=CC2)c1. The minimum Gasteiger partial charge on any atom is -0.496 e. The minimum atomic E-state index is -3.92. The summed E-state index contributed by atoms with van der Waals surface area (Å²) >= 11 is 0. The van der Waals surface area contributed by atoms with Crippen LogP contribution in [0.1, 0.15) is 48.9 Å². The summed E-state index contributed by atoms with van der Waals surface area (Å²) in [5.41, 5.74) is 1.62.